The molecule has 2 heterocycles. The first kappa shape index (κ1) is 17.9. The van der Waals surface area contributed by atoms with Gasteiger partial charge in [-0.25, -0.2) is 12.7 Å². The highest BCUT2D eigenvalue weighted by molar-refractivity contribution is 7.88. The van der Waals surface area contributed by atoms with Crippen LogP contribution in [0.4, 0.5) is 5.69 Å². The number of anilines is 1. The molecular formula is C17H23N3O4S. The monoisotopic (exact) mass is 365 g/mol. The van der Waals surface area contributed by atoms with E-state index in [0.29, 0.717) is 51.9 Å². The van der Waals surface area contributed by atoms with Crippen molar-refractivity contribution in [3.8, 4) is 0 Å². The summed E-state index contributed by atoms with van der Waals surface area (Å²) in [7, 11) is -3.21. The molecule has 25 heavy (non-hydrogen) atoms. The van der Waals surface area contributed by atoms with E-state index in [-0.39, 0.29) is 11.8 Å². The molecule has 0 aliphatic carbocycles. The van der Waals surface area contributed by atoms with E-state index in [0.717, 1.165) is 16.8 Å². The number of carbonyl (C=O) groups excluding carboxylic acids is 2. The first-order valence-corrected chi connectivity index (χ1v) is 10.3. The zero-order chi connectivity index (χ0) is 18.0. The van der Waals surface area contributed by atoms with E-state index < -0.39 is 10.0 Å². The minimum Gasteiger partial charge on any atom is -0.341 e. The van der Waals surface area contributed by atoms with Crippen molar-refractivity contribution in [3.63, 3.8) is 0 Å². The van der Waals surface area contributed by atoms with Gasteiger partial charge in [0.25, 0.3) is 0 Å². The maximum absolute atomic E-state index is 12.6. The fraction of sp³-hybridized carbons (Fsp3) is 0.529. The maximum atomic E-state index is 12.6. The van der Waals surface area contributed by atoms with Crippen LogP contribution >= 0.6 is 0 Å². The molecule has 2 amide bonds. The Labute approximate surface area is 148 Å². The smallest absolute Gasteiger partial charge is 0.227 e. The van der Waals surface area contributed by atoms with Gasteiger partial charge in [0, 0.05) is 38.3 Å². The molecule has 0 spiro atoms. The Morgan fingerprint density at radius 3 is 2.72 bits per heavy atom. The van der Waals surface area contributed by atoms with Gasteiger partial charge in [0.2, 0.25) is 21.8 Å². The normalized spacial score (nSPS) is 19.1. The summed E-state index contributed by atoms with van der Waals surface area (Å²) in [4.78, 5) is 25.7. The van der Waals surface area contributed by atoms with E-state index in [4.69, 9.17) is 0 Å². The number of hydrogen-bond acceptors (Lipinski definition) is 4. The quantitative estimate of drug-likeness (QED) is 0.850. The molecule has 0 saturated carbocycles. The summed E-state index contributed by atoms with van der Waals surface area (Å²) in [6.45, 7) is 1.81. The molecule has 8 heteroatoms. The number of benzene rings is 1. The number of hydrogen-bond donors (Lipinski definition) is 1. The Bertz CT molecular complexity index is 791. The summed E-state index contributed by atoms with van der Waals surface area (Å²) in [5.74, 6) is 0.0338. The Balaban J connectivity index is 1.63. The number of aryl methyl sites for hydroxylation is 1. The molecule has 0 atom stereocenters. The predicted octanol–water partition coefficient (Wildman–Crippen LogP) is 0.608. The molecule has 2 aliphatic rings. The second kappa shape index (κ2) is 7.13. The van der Waals surface area contributed by atoms with Crippen LogP contribution in [-0.2, 0) is 32.5 Å². The highest BCUT2D eigenvalue weighted by Gasteiger charge is 2.24. The summed E-state index contributed by atoms with van der Waals surface area (Å²) >= 11 is 0. The molecule has 0 bridgehead atoms. The number of nitrogens with zero attached hydrogens (tertiary/aromatic N) is 2. The number of rotatable bonds is 3. The van der Waals surface area contributed by atoms with Gasteiger partial charge in [-0.15, -0.1) is 0 Å². The third kappa shape index (κ3) is 4.38. The molecule has 1 N–H and O–H groups in total. The van der Waals surface area contributed by atoms with Gasteiger partial charge in [0.05, 0.1) is 12.7 Å². The van der Waals surface area contributed by atoms with Gasteiger partial charge in [0.1, 0.15) is 0 Å². The minimum absolute atomic E-state index is 0.00939. The van der Waals surface area contributed by atoms with Crippen LogP contribution in [0.25, 0.3) is 0 Å². The lowest BCUT2D eigenvalue weighted by atomic mass is 9.99. The molecule has 2 aliphatic heterocycles. The van der Waals surface area contributed by atoms with E-state index in [2.05, 4.69) is 5.32 Å². The third-order valence-electron chi connectivity index (χ3n) is 4.70. The molecular weight excluding hydrogens is 342 g/mol. The van der Waals surface area contributed by atoms with Gasteiger partial charge in [-0.2, -0.15) is 0 Å². The van der Waals surface area contributed by atoms with Crippen LogP contribution in [0, 0.1) is 0 Å². The van der Waals surface area contributed by atoms with Crippen molar-refractivity contribution >= 4 is 27.5 Å². The first-order chi connectivity index (χ1) is 11.8. The molecule has 0 aromatic heterocycles. The van der Waals surface area contributed by atoms with Crippen LogP contribution in [0.3, 0.4) is 0 Å². The average molecular weight is 365 g/mol. The lowest BCUT2D eigenvalue weighted by Crippen LogP contribution is -2.37. The fourth-order valence-corrected chi connectivity index (χ4v) is 4.18. The summed E-state index contributed by atoms with van der Waals surface area (Å²) in [6.07, 6.45) is 3.31. The van der Waals surface area contributed by atoms with Crippen molar-refractivity contribution in [1.82, 2.24) is 9.21 Å². The Kier molecular flexibility index (Phi) is 5.10. The van der Waals surface area contributed by atoms with Gasteiger partial charge in [0.15, 0.2) is 0 Å². The predicted molar refractivity (Wildman–Crippen MR) is 94.7 cm³/mol. The van der Waals surface area contributed by atoms with Crippen LogP contribution < -0.4 is 5.32 Å². The van der Waals surface area contributed by atoms with Gasteiger partial charge in [-0.3, -0.25) is 9.59 Å². The Morgan fingerprint density at radius 1 is 1.16 bits per heavy atom. The van der Waals surface area contributed by atoms with Crippen molar-refractivity contribution < 1.29 is 18.0 Å². The van der Waals surface area contributed by atoms with E-state index in [1.165, 1.54) is 10.6 Å². The maximum Gasteiger partial charge on any atom is 0.227 e. The van der Waals surface area contributed by atoms with E-state index >= 15 is 0 Å². The van der Waals surface area contributed by atoms with Crippen molar-refractivity contribution in [3.05, 3.63) is 29.3 Å². The van der Waals surface area contributed by atoms with Crippen LogP contribution in [0.1, 0.15) is 24.0 Å². The molecule has 0 unspecified atom stereocenters. The van der Waals surface area contributed by atoms with Crippen LogP contribution in [0.5, 0.6) is 0 Å². The number of sulfonamides is 1. The third-order valence-corrected chi connectivity index (χ3v) is 6.00. The first-order valence-electron chi connectivity index (χ1n) is 8.47. The number of fused-ring (bicyclic) bond motifs is 1. The van der Waals surface area contributed by atoms with Crippen LogP contribution in [0.2, 0.25) is 0 Å². The summed E-state index contributed by atoms with van der Waals surface area (Å²) in [5, 5.41) is 2.83. The number of carbonyl (C=O) groups is 2. The standard InChI is InChI=1S/C17H23N3O4S/c1-25(23,24)20-8-2-7-19(9-10-20)17(22)12-13-3-5-15-14(11-13)4-6-16(21)18-15/h3,5,11H,2,4,6-10,12H2,1H3,(H,18,21). The van der Waals surface area contributed by atoms with Crippen molar-refractivity contribution in [2.24, 2.45) is 0 Å². The van der Waals surface area contributed by atoms with Crippen LogP contribution in [0.15, 0.2) is 18.2 Å². The zero-order valence-corrected chi connectivity index (χ0v) is 15.1. The Morgan fingerprint density at radius 2 is 1.96 bits per heavy atom. The average Bonchev–Trinajstić information content (AvgIpc) is 2.81. The van der Waals surface area contributed by atoms with Gasteiger partial charge in [-0.1, -0.05) is 12.1 Å². The lowest BCUT2D eigenvalue weighted by Gasteiger charge is -2.22. The lowest BCUT2D eigenvalue weighted by molar-refractivity contribution is -0.130. The molecule has 7 nitrogen and oxygen atoms in total. The van der Waals surface area contributed by atoms with Gasteiger partial charge >= 0.3 is 0 Å². The molecule has 136 valence electrons. The molecule has 3 rings (SSSR count). The van der Waals surface area contributed by atoms with E-state index in [1.807, 2.05) is 18.2 Å². The van der Waals surface area contributed by atoms with E-state index in [9.17, 15) is 18.0 Å². The van der Waals surface area contributed by atoms with E-state index in [1.54, 1.807) is 4.90 Å². The van der Waals surface area contributed by atoms with Crippen LogP contribution in [-0.4, -0.2) is 61.9 Å². The zero-order valence-electron chi connectivity index (χ0n) is 14.3. The summed E-state index contributed by atoms with van der Waals surface area (Å²) < 4.78 is 24.7. The number of amides is 2. The SMILES string of the molecule is CS(=O)(=O)N1CCCN(C(=O)Cc2ccc3c(c2)CCC(=O)N3)CC1. The van der Waals surface area contributed by atoms with Gasteiger partial charge < -0.3 is 10.2 Å². The van der Waals surface area contributed by atoms with Crippen molar-refractivity contribution in [1.29, 1.82) is 0 Å². The second-order valence-corrected chi connectivity index (χ2v) is 8.60. The number of nitrogens with one attached hydrogen (secondary N) is 1. The molecule has 1 saturated heterocycles. The van der Waals surface area contributed by atoms with Crippen molar-refractivity contribution in [2.75, 3.05) is 37.8 Å². The van der Waals surface area contributed by atoms with Gasteiger partial charge in [-0.05, 0) is 30.0 Å². The molecule has 1 aromatic carbocycles. The minimum atomic E-state index is -3.21. The molecule has 1 fully saturated rings. The highest BCUT2D eigenvalue weighted by atomic mass is 32.2. The summed E-state index contributed by atoms with van der Waals surface area (Å²) in [6, 6.07) is 5.69. The highest BCUT2D eigenvalue weighted by Crippen LogP contribution is 2.24. The summed E-state index contributed by atoms with van der Waals surface area (Å²) in [5.41, 5.74) is 2.80. The van der Waals surface area contributed by atoms with Crippen molar-refractivity contribution in [2.45, 2.75) is 25.7 Å². The molecule has 0 radical (unpaired) electrons. The molecule has 1 aromatic rings. The largest absolute Gasteiger partial charge is 0.341 e. The Hall–Kier alpha value is -1.93. The second-order valence-electron chi connectivity index (χ2n) is 6.61. The topological polar surface area (TPSA) is 86.8 Å². The fourth-order valence-electron chi connectivity index (χ4n) is 3.31.